The molecular weight excluding hydrogens is 1190 g/mol. The number of benzene rings is 5. The van der Waals surface area contributed by atoms with Crippen LogP contribution in [0.15, 0.2) is 135 Å². The van der Waals surface area contributed by atoms with Crippen LogP contribution in [-0.4, -0.2) is 126 Å². The Balaban J connectivity index is 0.966. The zero-order chi connectivity index (χ0) is 59.5. The lowest BCUT2D eigenvalue weighted by Gasteiger charge is -2.37. The van der Waals surface area contributed by atoms with E-state index in [0.717, 1.165) is 23.3 Å². The number of likely N-dealkylation sites (tertiary alicyclic amines) is 1. The fraction of sp³-hybridized carbons (Fsp3) is 0.364. The van der Waals surface area contributed by atoms with Crippen molar-refractivity contribution in [3.63, 3.8) is 0 Å². The molecule has 0 bridgehead atoms. The van der Waals surface area contributed by atoms with Crippen molar-refractivity contribution in [2.45, 2.75) is 77.2 Å². The van der Waals surface area contributed by atoms with Gasteiger partial charge in [0, 0.05) is 95.1 Å². The molecule has 0 spiro atoms. The Bertz CT molecular complexity index is 3670. The second-order valence-electron chi connectivity index (χ2n) is 20.4. The number of sulfonamides is 1. The fourth-order valence-electron chi connectivity index (χ4n) is 10.3. The smallest absolute Gasteiger partial charge is 0.452 e. The average molecular weight is 1250 g/mol. The van der Waals surface area contributed by atoms with Crippen molar-refractivity contribution in [1.82, 2.24) is 9.47 Å². The molecule has 27 heteroatoms. The Morgan fingerprint density at radius 2 is 1.44 bits per heavy atom. The Labute approximate surface area is 484 Å². The van der Waals surface area contributed by atoms with E-state index in [1.165, 1.54) is 36.0 Å². The molecule has 2 aliphatic heterocycles. The van der Waals surface area contributed by atoms with Crippen molar-refractivity contribution in [2.24, 2.45) is 5.92 Å². The van der Waals surface area contributed by atoms with Gasteiger partial charge in [-0.15, -0.1) is 11.8 Å². The third-order valence-corrected chi connectivity index (χ3v) is 20.2. The summed E-state index contributed by atoms with van der Waals surface area (Å²) in [5.74, 6) is -1.64. The maximum atomic E-state index is 15.8. The van der Waals surface area contributed by atoms with E-state index in [1.807, 2.05) is 51.3 Å². The van der Waals surface area contributed by atoms with E-state index in [9.17, 15) is 47.8 Å². The molecular formula is C55H62ClF4N6O11PS4. The summed E-state index contributed by atoms with van der Waals surface area (Å²) in [6, 6.07) is 28.5. The Hall–Kier alpha value is -5.63. The SMILES string of the molecule is Cc1c(S(C)(=O)=O)c(-c2cc(F)cc(N3CCN(c4ccc(NS(=O)(=O)c5ccc(NC(CCN6CCC(C(=O)OCP(=O)(O)O)CC6)CSc6ccccc6)c(S(=O)(=O)C(F)(F)F)c5)cc4)CC3)c2)c(-c2ccc(Cl)cc2)n1C(C)C. The van der Waals surface area contributed by atoms with E-state index in [-0.39, 0.29) is 28.8 Å². The third-order valence-electron chi connectivity index (χ3n) is 14.2. The summed E-state index contributed by atoms with van der Waals surface area (Å²) >= 11 is 7.61. The molecule has 5 aromatic carbocycles. The van der Waals surface area contributed by atoms with Crippen LogP contribution in [0, 0.1) is 18.7 Å². The number of aromatic nitrogens is 1. The van der Waals surface area contributed by atoms with Crippen LogP contribution >= 0.6 is 31.0 Å². The Morgan fingerprint density at radius 1 is 0.817 bits per heavy atom. The molecule has 1 aromatic heterocycles. The molecule has 2 saturated heterocycles. The molecule has 0 amide bonds. The molecule has 6 aromatic rings. The molecule has 1 unspecified atom stereocenters. The number of esters is 1. The number of hydrogen-bond donors (Lipinski definition) is 4. The van der Waals surface area contributed by atoms with Gasteiger partial charge in [0.25, 0.3) is 19.9 Å². The maximum Gasteiger partial charge on any atom is 0.501 e. The van der Waals surface area contributed by atoms with Crippen molar-refractivity contribution < 1.29 is 66.7 Å². The van der Waals surface area contributed by atoms with E-state index in [2.05, 4.69) is 10.0 Å². The molecule has 4 N–H and O–H groups in total. The van der Waals surface area contributed by atoms with Gasteiger partial charge < -0.3 is 39.1 Å². The molecule has 0 radical (unpaired) electrons. The quantitative estimate of drug-likeness (QED) is 0.0228. The van der Waals surface area contributed by atoms with Gasteiger partial charge in [0.2, 0.25) is 0 Å². The first-order chi connectivity index (χ1) is 38.5. The summed E-state index contributed by atoms with van der Waals surface area (Å²) in [6.07, 6.45) is 1.02. The Kier molecular flexibility index (Phi) is 19.3. The van der Waals surface area contributed by atoms with Crippen molar-refractivity contribution >= 4 is 89.4 Å². The number of nitrogens with zero attached hydrogens (tertiary/aromatic N) is 4. The Morgan fingerprint density at radius 3 is 2.02 bits per heavy atom. The first-order valence-electron chi connectivity index (χ1n) is 26.0. The summed E-state index contributed by atoms with van der Waals surface area (Å²) in [5, 5.41) is 3.46. The number of carbonyl (C=O) groups excluding carboxylic acids is 1. The van der Waals surface area contributed by atoms with Crippen LogP contribution in [0.5, 0.6) is 0 Å². The van der Waals surface area contributed by atoms with E-state index in [0.29, 0.717) is 109 Å². The first-order valence-corrected chi connectivity index (χ1v) is 34.0. The second-order valence-corrected chi connectivity index (χ2v) is 29.1. The van der Waals surface area contributed by atoms with E-state index in [1.54, 1.807) is 61.5 Å². The number of carbonyl (C=O) groups is 1. The average Bonchev–Trinajstić information content (AvgIpc) is 2.11. The highest BCUT2D eigenvalue weighted by Crippen LogP contribution is 2.45. The molecule has 0 saturated carbocycles. The van der Waals surface area contributed by atoms with Crippen LogP contribution < -0.4 is 19.8 Å². The summed E-state index contributed by atoms with van der Waals surface area (Å²) < 4.78 is 161. The summed E-state index contributed by atoms with van der Waals surface area (Å²) in [4.78, 5) is 35.5. The summed E-state index contributed by atoms with van der Waals surface area (Å²) in [6.45, 7) is 8.48. The topological polar surface area (TPSA) is 225 Å². The van der Waals surface area contributed by atoms with Gasteiger partial charge >= 0.3 is 19.1 Å². The highest BCUT2D eigenvalue weighted by Gasteiger charge is 2.48. The van der Waals surface area contributed by atoms with Crippen LogP contribution in [-0.2, 0) is 43.8 Å². The minimum Gasteiger partial charge on any atom is -0.452 e. The number of anilines is 4. The predicted molar refractivity (Wildman–Crippen MR) is 311 cm³/mol. The largest absolute Gasteiger partial charge is 0.501 e. The van der Waals surface area contributed by atoms with Gasteiger partial charge in [-0.05, 0) is 149 Å². The van der Waals surface area contributed by atoms with Gasteiger partial charge in [0.15, 0.2) is 16.2 Å². The summed E-state index contributed by atoms with van der Waals surface area (Å²) in [5.41, 5.74) is -2.44. The lowest BCUT2D eigenvalue weighted by atomic mass is 9.97. The number of piperazine rings is 1. The number of alkyl halides is 3. The van der Waals surface area contributed by atoms with Crippen molar-refractivity contribution in [1.29, 1.82) is 0 Å². The zero-order valence-electron chi connectivity index (χ0n) is 45.0. The number of piperidine rings is 1. The van der Waals surface area contributed by atoms with E-state index < -0.39 is 88.4 Å². The lowest BCUT2D eigenvalue weighted by Crippen LogP contribution is -2.46. The lowest BCUT2D eigenvalue weighted by molar-refractivity contribution is -0.148. The highest BCUT2D eigenvalue weighted by atomic mass is 35.5. The first kappa shape index (κ1) is 62.4. The predicted octanol–water partition coefficient (Wildman–Crippen LogP) is 10.7. The maximum absolute atomic E-state index is 15.8. The molecule has 2 fully saturated rings. The normalized spacial score (nSPS) is 15.7. The molecule has 0 aliphatic carbocycles. The highest BCUT2D eigenvalue weighted by molar-refractivity contribution is 7.99. The van der Waals surface area contributed by atoms with Crippen LogP contribution in [0.4, 0.5) is 40.3 Å². The van der Waals surface area contributed by atoms with Crippen molar-refractivity contribution in [3.8, 4) is 22.4 Å². The standard InChI is InChI=1S/C55H62ClF4N6O11PS4/c1-36(2)66-37(3)53(80(4,71)72)51(52(66)38-10-12-41(56)13-11-38)40-30-42(57)32-46(31-40)65-28-26-64(27-29-65)45-16-14-43(15-17-45)62-82(75,76)48-18-19-49(50(33-48)81(73,74)55(58,59)60)61-44(34-79-47-8-6-5-7-9-47)22-25-63-23-20-39(21-24-63)54(67)77-35-78(68,69)70/h5-19,30-33,36,39,44,61-62H,20-29,34-35H2,1-4H3,(H2,68,69,70). The number of halogens is 5. The number of hydrogen-bond acceptors (Lipinski definition) is 14. The van der Waals surface area contributed by atoms with E-state index in [4.69, 9.17) is 26.1 Å². The van der Waals surface area contributed by atoms with Crippen molar-refractivity contribution in [3.05, 3.63) is 132 Å². The van der Waals surface area contributed by atoms with Crippen LogP contribution in [0.1, 0.15) is 44.8 Å². The van der Waals surface area contributed by atoms with Gasteiger partial charge in [0.1, 0.15) is 10.7 Å². The number of nitrogens with one attached hydrogen (secondary N) is 2. The van der Waals surface area contributed by atoms with Gasteiger partial charge in [-0.25, -0.2) is 29.6 Å². The monoisotopic (exact) mass is 1250 g/mol. The third kappa shape index (κ3) is 15.0. The van der Waals surface area contributed by atoms with Crippen LogP contribution in [0.2, 0.25) is 5.02 Å². The van der Waals surface area contributed by atoms with Gasteiger partial charge in [-0.1, -0.05) is 41.9 Å². The van der Waals surface area contributed by atoms with Crippen LogP contribution in [0.3, 0.4) is 0 Å². The van der Waals surface area contributed by atoms with Crippen LogP contribution in [0.25, 0.3) is 22.4 Å². The molecule has 17 nitrogen and oxygen atoms in total. The van der Waals surface area contributed by atoms with Crippen molar-refractivity contribution in [2.75, 3.05) is 84.0 Å². The molecule has 1 atom stereocenters. The molecule has 82 heavy (non-hydrogen) atoms. The number of rotatable bonds is 21. The number of sulfone groups is 2. The van der Waals surface area contributed by atoms with E-state index >= 15 is 4.39 Å². The molecule has 3 heterocycles. The summed E-state index contributed by atoms with van der Waals surface area (Å²) in [7, 11) is -19.2. The zero-order valence-corrected chi connectivity index (χ0v) is 49.9. The fourth-order valence-corrected chi connectivity index (χ4v) is 15.0. The number of ether oxygens (including phenoxy) is 1. The minimum absolute atomic E-state index is 0.0325. The minimum atomic E-state index is -6.14. The number of thioether (sulfide) groups is 1. The second kappa shape index (κ2) is 25.3. The molecule has 8 rings (SSSR count). The van der Waals surface area contributed by atoms with Gasteiger partial charge in [-0.3, -0.25) is 14.1 Å². The van der Waals surface area contributed by atoms with Gasteiger partial charge in [0.05, 0.1) is 27.1 Å². The van der Waals surface area contributed by atoms with Gasteiger partial charge in [-0.2, -0.15) is 13.2 Å². The molecule has 442 valence electrons. The molecule has 2 aliphatic rings.